The van der Waals surface area contributed by atoms with Gasteiger partial charge in [0.05, 0.1) is 6.04 Å². The van der Waals surface area contributed by atoms with Crippen molar-refractivity contribution in [3.63, 3.8) is 0 Å². The molecule has 5 unspecified atom stereocenters. The van der Waals surface area contributed by atoms with E-state index in [-0.39, 0.29) is 29.4 Å². The van der Waals surface area contributed by atoms with Crippen LogP contribution in [0.1, 0.15) is 26.2 Å². The summed E-state index contributed by atoms with van der Waals surface area (Å²) >= 11 is 3.13. The number of rotatable bonds is 4. The van der Waals surface area contributed by atoms with E-state index in [1.807, 2.05) is 4.90 Å². The minimum absolute atomic E-state index is 0.0608. The molecule has 0 aromatic carbocycles. The van der Waals surface area contributed by atoms with E-state index >= 15 is 0 Å². The molecular weight excluding hydrogens is 298 g/mol. The van der Waals surface area contributed by atoms with E-state index in [4.69, 9.17) is 4.74 Å². The summed E-state index contributed by atoms with van der Waals surface area (Å²) in [5.74, 6) is 1.14. The molecule has 5 heteroatoms. The van der Waals surface area contributed by atoms with Gasteiger partial charge in [0.1, 0.15) is 11.4 Å². The molecule has 3 rings (SSSR count). The molecule has 1 amide bonds. The molecule has 5 atom stereocenters. The van der Waals surface area contributed by atoms with E-state index in [1.54, 1.807) is 0 Å². The number of carbonyl (C=O) groups excluding carboxylic acids is 2. The van der Waals surface area contributed by atoms with Crippen LogP contribution in [0.3, 0.4) is 0 Å². The number of halogens is 1. The Bertz CT molecular complexity index is 386. The highest BCUT2D eigenvalue weighted by atomic mass is 79.9. The Kier molecular flexibility index (Phi) is 3.12. The van der Waals surface area contributed by atoms with Gasteiger partial charge in [0.15, 0.2) is 0 Å². The molecule has 3 fully saturated rings. The maximum atomic E-state index is 12.3. The van der Waals surface area contributed by atoms with Gasteiger partial charge in [-0.05, 0) is 31.1 Å². The fraction of sp³-hybridized carbons (Fsp3) is 0.846. The van der Waals surface area contributed by atoms with Crippen LogP contribution in [0.25, 0.3) is 0 Å². The second-order valence-electron chi connectivity index (χ2n) is 5.61. The van der Waals surface area contributed by atoms with E-state index < -0.39 is 0 Å². The lowest BCUT2D eigenvalue weighted by Crippen LogP contribution is -2.44. The van der Waals surface area contributed by atoms with Gasteiger partial charge < -0.3 is 9.64 Å². The molecule has 0 aromatic heterocycles. The lowest BCUT2D eigenvalue weighted by Gasteiger charge is -2.31. The first-order valence-corrected chi connectivity index (χ1v) is 7.85. The van der Waals surface area contributed by atoms with E-state index in [2.05, 4.69) is 22.9 Å². The highest BCUT2D eigenvalue weighted by molar-refractivity contribution is 9.09. The molecule has 1 aliphatic heterocycles. The van der Waals surface area contributed by atoms with E-state index in [0.29, 0.717) is 17.7 Å². The summed E-state index contributed by atoms with van der Waals surface area (Å²) < 4.78 is 5.57. The van der Waals surface area contributed by atoms with Crippen LogP contribution < -0.4 is 0 Å². The number of hydrogen-bond donors (Lipinski definition) is 0. The van der Waals surface area contributed by atoms with Crippen LogP contribution in [0.2, 0.25) is 0 Å². The zero-order chi connectivity index (χ0) is 12.9. The Morgan fingerprint density at radius 3 is 2.94 bits per heavy atom. The molecule has 2 aliphatic carbocycles. The minimum atomic E-state index is -0.208. The average molecular weight is 316 g/mol. The van der Waals surface area contributed by atoms with Crippen molar-refractivity contribution in [3.8, 4) is 0 Å². The first kappa shape index (κ1) is 12.5. The number of likely N-dealkylation sites (tertiary alicyclic amines) is 1. The second-order valence-corrected chi connectivity index (χ2v) is 6.17. The average Bonchev–Trinajstić information content (AvgIpc) is 2.97. The maximum Gasteiger partial charge on any atom is 0.316 e. The monoisotopic (exact) mass is 315 g/mol. The molecule has 0 N–H and O–H groups in total. The number of alkyl halides is 1. The molecular formula is C13H18BrNO3. The highest BCUT2D eigenvalue weighted by Crippen LogP contribution is 2.56. The summed E-state index contributed by atoms with van der Waals surface area (Å²) in [6.07, 6.45) is 2.88. The van der Waals surface area contributed by atoms with Gasteiger partial charge in [-0.1, -0.05) is 22.9 Å². The zero-order valence-electron chi connectivity index (χ0n) is 10.5. The first-order valence-electron chi connectivity index (χ1n) is 6.73. The first-order chi connectivity index (χ1) is 8.67. The van der Waals surface area contributed by atoms with E-state index in [9.17, 15) is 9.59 Å². The highest BCUT2D eigenvalue weighted by Gasteiger charge is 2.64. The normalized spacial score (nSPS) is 40.7. The smallest absolute Gasteiger partial charge is 0.316 e. The van der Waals surface area contributed by atoms with Gasteiger partial charge in [0.25, 0.3) is 0 Å². The number of nitrogens with zero attached hydrogens (tertiary/aromatic N) is 1. The maximum absolute atomic E-state index is 12.3. The van der Waals surface area contributed by atoms with Crippen LogP contribution in [0, 0.1) is 17.8 Å². The zero-order valence-corrected chi connectivity index (χ0v) is 12.1. The third-order valence-corrected chi connectivity index (χ3v) is 5.15. The molecule has 0 spiro atoms. The molecule has 3 aliphatic rings. The lowest BCUT2D eigenvalue weighted by molar-refractivity contribution is -0.151. The van der Waals surface area contributed by atoms with Crippen LogP contribution in [0.4, 0.5) is 0 Å². The number of fused-ring (bicyclic) bond motifs is 1. The quantitative estimate of drug-likeness (QED) is 0.584. The van der Waals surface area contributed by atoms with E-state index in [0.717, 1.165) is 25.8 Å². The molecule has 1 saturated heterocycles. The number of hydrogen-bond acceptors (Lipinski definition) is 3. The van der Waals surface area contributed by atoms with Crippen molar-refractivity contribution in [3.05, 3.63) is 0 Å². The summed E-state index contributed by atoms with van der Waals surface area (Å²) in [5, 5.41) is 0.235. The van der Waals surface area contributed by atoms with Gasteiger partial charge in [0.2, 0.25) is 5.91 Å². The summed E-state index contributed by atoms with van der Waals surface area (Å²) in [6.45, 7) is 2.88. The fourth-order valence-electron chi connectivity index (χ4n) is 4.18. The Morgan fingerprint density at radius 1 is 1.50 bits per heavy atom. The Balaban J connectivity index is 1.82. The summed E-state index contributed by atoms with van der Waals surface area (Å²) in [6, 6.07) is 0.157. The molecule has 100 valence electrons. The van der Waals surface area contributed by atoms with Crippen molar-refractivity contribution in [2.24, 2.45) is 17.8 Å². The number of carbonyl (C=O) groups is 2. The van der Waals surface area contributed by atoms with E-state index in [1.165, 1.54) is 0 Å². The number of amides is 1. The standard InChI is InChI=1S/C13H18BrNO3/c1-2-3-15-11-8-4-7(5-9(8)13(15)17)12(11)18-10(16)6-14/h7-9,11-12H,2-6H2,1H3. The molecule has 4 nitrogen and oxygen atoms in total. The van der Waals surface area contributed by atoms with Gasteiger partial charge >= 0.3 is 5.97 Å². The Hall–Kier alpha value is -0.580. The van der Waals surface area contributed by atoms with Crippen molar-refractivity contribution in [2.45, 2.75) is 38.3 Å². The van der Waals surface area contributed by atoms with Gasteiger partial charge in [-0.3, -0.25) is 9.59 Å². The lowest BCUT2D eigenvalue weighted by atomic mass is 9.87. The van der Waals surface area contributed by atoms with Crippen molar-refractivity contribution < 1.29 is 14.3 Å². The van der Waals surface area contributed by atoms with Gasteiger partial charge in [-0.15, -0.1) is 0 Å². The predicted molar refractivity (Wildman–Crippen MR) is 69.2 cm³/mol. The van der Waals surface area contributed by atoms with Crippen molar-refractivity contribution in [2.75, 3.05) is 11.9 Å². The SMILES string of the molecule is CCCN1C(=O)C2CC3CC2C1C3OC(=O)CBr. The molecule has 18 heavy (non-hydrogen) atoms. The third-order valence-electron chi connectivity index (χ3n) is 4.69. The van der Waals surface area contributed by atoms with Crippen LogP contribution in [-0.2, 0) is 14.3 Å². The Morgan fingerprint density at radius 2 is 2.28 bits per heavy atom. The second kappa shape index (κ2) is 4.51. The topological polar surface area (TPSA) is 46.6 Å². The minimum Gasteiger partial charge on any atom is -0.459 e. The predicted octanol–water partition coefficient (Wildman–Crippen LogP) is 1.57. The molecule has 1 heterocycles. The van der Waals surface area contributed by atoms with Gasteiger partial charge in [-0.2, -0.15) is 0 Å². The van der Waals surface area contributed by atoms with Crippen LogP contribution in [0.15, 0.2) is 0 Å². The third kappa shape index (κ3) is 1.63. The summed E-state index contributed by atoms with van der Waals surface area (Å²) in [7, 11) is 0. The van der Waals surface area contributed by atoms with Crippen molar-refractivity contribution >= 4 is 27.8 Å². The molecule has 2 bridgehead atoms. The molecule has 2 saturated carbocycles. The van der Waals surface area contributed by atoms with Crippen molar-refractivity contribution in [1.82, 2.24) is 4.90 Å². The number of esters is 1. The largest absolute Gasteiger partial charge is 0.459 e. The van der Waals surface area contributed by atoms with Crippen LogP contribution in [0.5, 0.6) is 0 Å². The fourth-order valence-corrected chi connectivity index (χ4v) is 4.31. The van der Waals surface area contributed by atoms with Crippen LogP contribution >= 0.6 is 15.9 Å². The Labute approximate surface area is 115 Å². The van der Waals surface area contributed by atoms with Gasteiger partial charge in [-0.25, -0.2) is 0 Å². The summed E-state index contributed by atoms with van der Waals surface area (Å²) in [4.78, 5) is 25.8. The number of ether oxygens (including phenoxy) is 1. The molecule has 0 aromatic rings. The summed E-state index contributed by atoms with van der Waals surface area (Å²) in [5.41, 5.74) is 0. The van der Waals surface area contributed by atoms with Crippen molar-refractivity contribution in [1.29, 1.82) is 0 Å². The van der Waals surface area contributed by atoms with Crippen LogP contribution in [-0.4, -0.2) is 40.8 Å². The van der Waals surface area contributed by atoms with Gasteiger partial charge in [0, 0.05) is 12.5 Å². The molecule has 0 radical (unpaired) electrons.